The molecule has 0 aromatic carbocycles. The highest BCUT2D eigenvalue weighted by Crippen LogP contribution is 1.96. The van der Waals surface area contributed by atoms with Crippen LogP contribution in [0.5, 0.6) is 0 Å². The van der Waals surface area contributed by atoms with E-state index in [1.54, 1.807) is 7.05 Å². The minimum absolute atomic E-state index is 0.549. The van der Waals surface area contributed by atoms with Crippen molar-refractivity contribution in [1.29, 1.82) is 0 Å². The maximum Gasteiger partial charge on any atom is 0.205 e. The van der Waals surface area contributed by atoms with Gasteiger partial charge in [0.15, 0.2) is 0 Å². The number of hydrazine groups is 1. The number of hydrogen-bond donors (Lipinski definition) is 3. The summed E-state index contributed by atoms with van der Waals surface area (Å²) in [7, 11) is 1.66. The Morgan fingerprint density at radius 3 is 2.93 bits per heavy atom. The summed E-state index contributed by atoms with van der Waals surface area (Å²) in [6.45, 7) is 2.57. The Morgan fingerprint density at radius 2 is 2.36 bits per heavy atom. The molecule has 5 heteroatoms. The number of nitrogens with one attached hydrogen (secondary N) is 2. The number of aromatic nitrogens is 1. The minimum atomic E-state index is 0.549. The summed E-state index contributed by atoms with van der Waals surface area (Å²) in [5.74, 6) is 5.76. The van der Waals surface area contributed by atoms with Crippen LogP contribution in [0.15, 0.2) is 23.2 Å². The molecule has 0 aliphatic rings. The molecule has 14 heavy (non-hydrogen) atoms. The van der Waals surface area contributed by atoms with E-state index in [-0.39, 0.29) is 0 Å². The molecule has 1 heterocycles. The first-order chi connectivity index (χ1) is 6.76. The Bertz CT molecular complexity index is 321. The second-order valence-corrected chi connectivity index (χ2v) is 2.84. The minimum Gasteiger partial charge on any atom is -0.350 e. The molecule has 76 valence electrons. The zero-order valence-corrected chi connectivity index (χ0v) is 8.41. The molecule has 0 fully saturated rings. The van der Waals surface area contributed by atoms with Gasteiger partial charge in [-0.3, -0.25) is 15.4 Å². The Hall–Kier alpha value is -1.62. The average Bonchev–Trinajstić information content (AvgIpc) is 2.19. The third-order valence-corrected chi connectivity index (χ3v) is 1.74. The third kappa shape index (κ3) is 3.02. The predicted octanol–water partition coefficient (Wildman–Crippen LogP) is -0.0713. The van der Waals surface area contributed by atoms with Crippen molar-refractivity contribution in [2.45, 2.75) is 13.5 Å². The quantitative estimate of drug-likeness (QED) is 0.266. The van der Waals surface area contributed by atoms with Gasteiger partial charge in [-0.2, -0.15) is 0 Å². The summed E-state index contributed by atoms with van der Waals surface area (Å²) in [6.07, 6.45) is 0. The van der Waals surface area contributed by atoms with Crippen LogP contribution in [0.2, 0.25) is 0 Å². The maximum atomic E-state index is 5.21. The fourth-order valence-corrected chi connectivity index (χ4v) is 1.07. The van der Waals surface area contributed by atoms with E-state index < -0.39 is 0 Å². The van der Waals surface area contributed by atoms with Crippen LogP contribution in [0.3, 0.4) is 0 Å². The highest BCUT2D eigenvalue weighted by molar-refractivity contribution is 5.78. The molecule has 0 amide bonds. The fourth-order valence-electron chi connectivity index (χ4n) is 1.07. The van der Waals surface area contributed by atoms with Crippen molar-refractivity contribution in [2.75, 3.05) is 7.05 Å². The standard InChI is InChI=1S/C9H15N5/c1-7-4-3-5-8(13-7)6-12-9(11-2)14-10/h3-5H,6,10H2,1-2H3,(H2,11,12,14). The molecule has 0 bridgehead atoms. The van der Waals surface area contributed by atoms with Crippen molar-refractivity contribution in [3.8, 4) is 0 Å². The number of nitrogens with zero attached hydrogens (tertiary/aromatic N) is 2. The first kappa shape index (κ1) is 10.5. The van der Waals surface area contributed by atoms with E-state index in [0.29, 0.717) is 12.5 Å². The highest BCUT2D eigenvalue weighted by Gasteiger charge is 1.96. The molecular formula is C9H15N5. The van der Waals surface area contributed by atoms with Crippen LogP contribution in [0.1, 0.15) is 11.4 Å². The average molecular weight is 193 g/mol. The Balaban J connectivity index is 2.53. The van der Waals surface area contributed by atoms with E-state index >= 15 is 0 Å². The lowest BCUT2D eigenvalue weighted by molar-refractivity contribution is 0.814. The Kier molecular flexibility index (Phi) is 3.87. The van der Waals surface area contributed by atoms with Crippen molar-refractivity contribution < 1.29 is 0 Å². The molecule has 1 aromatic rings. The van der Waals surface area contributed by atoms with Gasteiger partial charge in [0, 0.05) is 12.7 Å². The van der Waals surface area contributed by atoms with Gasteiger partial charge >= 0.3 is 0 Å². The van der Waals surface area contributed by atoms with Gasteiger partial charge in [0.05, 0.1) is 12.2 Å². The van der Waals surface area contributed by atoms with Crippen molar-refractivity contribution in [3.05, 3.63) is 29.6 Å². The summed E-state index contributed by atoms with van der Waals surface area (Å²) >= 11 is 0. The lowest BCUT2D eigenvalue weighted by Gasteiger charge is -2.07. The number of rotatable bonds is 2. The lowest BCUT2D eigenvalue weighted by Crippen LogP contribution is -2.41. The van der Waals surface area contributed by atoms with Gasteiger partial charge in [0.2, 0.25) is 5.96 Å². The van der Waals surface area contributed by atoms with E-state index in [4.69, 9.17) is 5.84 Å². The van der Waals surface area contributed by atoms with Gasteiger partial charge in [-0.25, -0.2) is 5.84 Å². The molecule has 4 N–H and O–H groups in total. The molecule has 0 atom stereocenters. The summed E-state index contributed by atoms with van der Waals surface area (Å²) < 4.78 is 0. The summed E-state index contributed by atoms with van der Waals surface area (Å²) in [5, 5.41) is 3.01. The zero-order valence-electron chi connectivity index (χ0n) is 8.41. The number of aliphatic imine (C=N–C) groups is 1. The van der Waals surface area contributed by atoms with Gasteiger partial charge in [0.1, 0.15) is 0 Å². The molecule has 0 saturated heterocycles. The zero-order chi connectivity index (χ0) is 10.4. The number of aryl methyl sites for hydroxylation is 1. The van der Waals surface area contributed by atoms with Crippen LogP contribution in [0, 0.1) is 6.92 Å². The Morgan fingerprint density at radius 1 is 1.57 bits per heavy atom. The predicted molar refractivity (Wildman–Crippen MR) is 56.5 cm³/mol. The molecule has 1 aromatic heterocycles. The molecule has 0 radical (unpaired) electrons. The van der Waals surface area contributed by atoms with E-state index in [0.717, 1.165) is 11.4 Å². The Labute approximate surface area is 83.4 Å². The highest BCUT2D eigenvalue weighted by atomic mass is 15.3. The van der Waals surface area contributed by atoms with E-state index in [2.05, 4.69) is 20.7 Å². The second-order valence-electron chi connectivity index (χ2n) is 2.84. The first-order valence-corrected chi connectivity index (χ1v) is 4.36. The van der Waals surface area contributed by atoms with Crippen LogP contribution in [0.25, 0.3) is 0 Å². The van der Waals surface area contributed by atoms with Crippen LogP contribution < -0.4 is 16.6 Å². The monoisotopic (exact) mass is 193 g/mol. The van der Waals surface area contributed by atoms with E-state index in [9.17, 15) is 0 Å². The van der Waals surface area contributed by atoms with Gasteiger partial charge in [-0.1, -0.05) is 6.07 Å². The fraction of sp³-hybridized carbons (Fsp3) is 0.333. The number of nitrogens with two attached hydrogens (primary N) is 1. The molecule has 0 spiro atoms. The first-order valence-electron chi connectivity index (χ1n) is 4.36. The summed E-state index contributed by atoms with van der Waals surface area (Å²) in [4.78, 5) is 8.21. The third-order valence-electron chi connectivity index (χ3n) is 1.74. The van der Waals surface area contributed by atoms with Crippen LogP contribution in [0.4, 0.5) is 0 Å². The van der Waals surface area contributed by atoms with Crippen LogP contribution in [-0.2, 0) is 6.54 Å². The van der Waals surface area contributed by atoms with Crippen LogP contribution in [-0.4, -0.2) is 18.0 Å². The lowest BCUT2D eigenvalue weighted by atomic mass is 10.3. The van der Waals surface area contributed by atoms with Crippen LogP contribution >= 0.6 is 0 Å². The molecule has 0 aliphatic carbocycles. The SMILES string of the molecule is CN=C(NN)NCc1cccc(C)n1. The van der Waals surface area contributed by atoms with Crippen molar-refractivity contribution >= 4 is 5.96 Å². The molecule has 0 unspecified atom stereocenters. The molecule has 0 aliphatic heterocycles. The van der Waals surface area contributed by atoms with Gasteiger partial charge in [-0.15, -0.1) is 0 Å². The van der Waals surface area contributed by atoms with Gasteiger partial charge in [-0.05, 0) is 19.1 Å². The van der Waals surface area contributed by atoms with Crippen molar-refractivity contribution in [3.63, 3.8) is 0 Å². The number of guanidine groups is 1. The smallest absolute Gasteiger partial charge is 0.205 e. The van der Waals surface area contributed by atoms with E-state index in [1.165, 1.54) is 0 Å². The van der Waals surface area contributed by atoms with E-state index in [1.807, 2.05) is 25.1 Å². The van der Waals surface area contributed by atoms with Crippen molar-refractivity contribution in [2.24, 2.45) is 10.8 Å². The van der Waals surface area contributed by atoms with Crippen molar-refractivity contribution in [1.82, 2.24) is 15.7 Å². The largest absolute Gasteiger partial charge is 0.350 e. The molecule has 5 nitrogen and oxygen atoms in total. The molecule has 0 saturated carbocycles. The van der Waals surface area contributed by atoms with Gasteiger partial charge in [0.25, 0.3) is 0 Å². The topological polar surface area (TPSA) is 75.3 Å². The summed E-state index contributed by atoms with van der Waals surface area (Å²) in [5.41, 5.74) is 4.41. The second kappa shape index (κ2) is 5.18. The van der Waals surface area contributed by atoms with Gasteiger partial charge < -0.3 is 5.32 Å². The molecule has 1 rings (SSSR count). The normalized spacial score (nSPS) is 11.2. The molecular weight excluding hydrogens is 178 g/mol. The number of pyridine rings is 1. The maximum absolute atomic E-state index is 5.21. The number of hydrogen-bond acceptors (Lipinski definition) is 3. The summed E-state index contributed by atoms with van der Waals surface area (Å²) in [6, 6.07) is 5.88.